The Balaban J connectivity index is 1.95. The Morgan fingerprint density at radius 1 is 1.57 bits per heavy atom. The van der Waals surface area contributed by atoms with Gasteiger partial charge in [0.25, 0.3) is 0 Å². The highest BCUT2D eigenvalue weighted by Crippen LogP contribution is 2.26. The fourth-order valence-electron chi connectivity index (χ4n) is 2.17. The van der Waals surface area contributed by atoms with E-state index in [0.29, 0.717) is 0 Å². The second kappa shape index (κ2) is 4.13. The van der Waals surface area contributed by atoms with E-state index >= 15 is 0 Å². The summed E-state index contributed by atoms with van der Waals surface area (Å²) >= 11 is 0. The Morgan fingerprint density at radius 3 is 2.86 bits per heavy atom. The molecule has 2 rings (SSSR count). The molecule has 3 nitrogen and oxygen atoms in total. The quantitative estimate of drug-likeness (QED) is 0.798. The lowest BCUT2D eigenvalue weighted by Crippen LogP contribution is -2.08. The Kier molecular flexibility index (Phi) is 2.87. The fraction of sp³-hybridized carbons (Fsp3) is 0.727. The van der Waals surface area contributed by atoms with Gasteiger partial charge in [-0.3, -0.25) is 4.68 Å². The second-order valence-electron chi connectivity index (χ2n) is 4.43. The Labute approximate surface area is 85.3 Å². The standard InChI is InChI=1S/C11H19N3/c1-9(12)11-6-13-14(8-11)7-10-4-2-3-5-10/h6,8-10H,2-5,7,12H2,1H3/t9-/m0/s1. The van der Waals surface area contributed by atoms with Gasteiger partial charge >= 0.3 is 0 Å². The molecule has 0 aliphatic heterocycles. The van der Waals surface area contributed by atoms with E-state index in [1.54, 1.807) is 0 Å². The normalized spacial score (nSPS) is 20.1. The van der Waals surface area contributed by atoms with Crippen LogP contribution >= 0.6 is 0 Å². The van der Waals surface area contributed by atoms with Crippen molar-refractivity contribution in [3.05, 3.63) is 18.0 Å². The zero-order valence-electron chi connectivity index (χ0n) is 8.82. The molecule has 14 heavy (non-hydrogen) atoms. The fourth-order valence-corrected chi connectivity index (χ4v) is 2.17. The first-order chi connectivity index (χ1) is 6.75. The maximum absolute atomic E-state index is 5.78. The first-order valence-electron chi connectivity index (χ1n) is 5.53. The first-order valence-corrected chi connectivity index (χ1v) is 5.53. The van der Waals surface area contributed by atoms with E-state index in [1.807, 2.05) is 13.1 Å². The van der Waals surface area contributed by atoms with Crippen LogP contribution in [0.4, 0.5) is 0 Å². The van der Waals surface area contributed by atoms with Gasteiger partial charge in [-0.15, -0.1) is 0 Å². The summed E-state index contributed by atoms with van der Waals surface area (Å²) in [5, 5.41) is 4.34. The highest BCUT2D eigenvalue weighted by Gasteiger charge is 2.15. The van der Waals surface area contributed by atoms with Gasteiger partial charge in [-0.1, -0.05) is 12.8 Å². The zero-order valence-corrected chi connectivity index (χ0v) is 8.82. The summed E-state index contributed by atoms with van der Waals surface area (Å²) in [6, 6.07) is 0.104. The molecule has 0 saturated heterocycles. The molecule has 1 aromatic heterocycles. The molecule has 0 amide bonds. The van der Waals surface area contributed by atoms with Gasteiger partial charge in [0.2, 0.25) is 0 Å². The summed E-state index contributed by atoms with van der Waals surface area (Å²) in [6.07, 6.45) is 9.50. The van der Waals surface area contributed by atoms with Crippen LogP contribution in [0.1, 0.15) is 44.2 Å². The summed E-state index contributed by atoms with van der Waals surface area (Å²) < 4.78 is 2.05. The highest BCUT2D eigenvalue weighted by molar-refractivity contribution is 5.08. The van der Waals surface area contributed by atoms with Crippen molar-refractivity contribution in [1.82, 2.24) is 9.78 Å². The Bertz CT molecular complexity index is 284. The van der Waals surface area contributed by atoms with E-state index in [9.17, 15) is 0 Å². The SMILES string of the molecule is C[C@H](N)c1cnn(CC2CCCC2)c1. The molecule has 0 bridgehead atoms. The molecule has 0 aromatic carbocycles. The molecule has 1 aliphatic rings. The van der Waals surface area contributed by atoms with Gasteiger partial charge in [0.1, 0.15) is 0 Å². The van der Waals surface area contributed by atoms with Crippen LogP contribution in [-0.4, -0.2) is 9.78 Å². The summed E-state index contributed by atoms with van der Waals surface area (Å²) in [5.41, 5.74) is 6.92. The number of nitrogens with zero attached hydrogens (tertiary/aromatic N) is 2. The van der Waals surface area contributed by atoms with Crippen LogP contribution in [0.3, 0.4) is 0 Å². The molecule has 2 N–H and O–H groups in total. The third-order valence-electron chi connectivity index (χ3n) is 3.10. The van der Waals surface area contributed by atoms with Crippen molar-refractivity contribution in [3.63, 3.8) is 0 Å². The van der Waals surface area contributed by atoms with Crippen LogP contribution in [0.15, 0.2) is 12.4 Å². The Morgan fingerprint density at radius 2 is 2.29 bits per heavy atom. The van der Waals surface area contributed by atoms with Crippen molar-refractivity contribution >= 4 is 0 Å². The van der Waals surface area contributed by atoms with Gasteiger partial charge in [-0.05, 0) is 25.7 Å². The molecule has 3 heteroatoms. The Hall–Kier alpha value is -0.830. The van der Waals surface area contributed by atoms with Crippen molar-refractivity contribution in [2.24, 2.45) is 11.7 Å². The minimum atomic E-state index is 0.104. The van der Waals surface area contributed by atoms with Crippen molar-refractivity contribution in [3.8, 4) is 0 Å². The minimum absolute atomic E-state index is 0.104. The van der Waals surface area contributed by atoms with Gasteiger partial charge in [-0.2, -0.15) is 5.10 Å². The molecule has 0 radical (unpaired) electrons. The summed E-state index contributed by atoms with van der Waals surface area (Å²) in [7, 11) is 0. The van der Waals surface area contributed by atoms with Crippen molar-refractivity contribution in [2.75, 3.05) is 0 Å². The summed E-state index contributed by atoms with van der Waals surface area (Å²) in [5.74, 6) is 0.843. The zero-order chi connectivity index (χ0) is 9.97. The molecular formula is C11H19N3. The van der Waals surface area contributed by atoms with Gasteiger partial charge in [-0.25, -0.2) is 0 Å². The maximum atomic E-state index is 5.78. The van der Waals surface area contributed by atoms with Gasteiger partial charge in [0, 0.05) is 24.3 Å². The number of hydrogen-bond acceptors (Lipinski definition) is 2. The summed E-state index contributed by atoms with van der Waals surface area (Å²) in [6.45, 7) is 3.07. The lowest BCUT2D eigenvalue weighted by molar-refractivity contribution is 0.428. The van der Waals surface area contributed by atoms with E-state index in [4.69, 9.17) is 5.73 Å². The number of nitrogens with two attached hydrogens (primary N) is 1. The molecule has 0 unspecified atom stereocenters. The molecule has 1 aliphatic carbocycles. The van der Waals surface area contributed by atoms with Crippen LogP contribution in [0, 0.1) is 5.92 Å². The molecule has 1 atom stereocenters. The predicted molar refractivity (Wildman–Crippen MR) is 56.8 cm³/mol. The van der Waals surface area contributed by atoms with Gasteiger partial charge in [0.15, 0.2) is 0 Å². The van der Waals surface area contributed by atoms with E-state index in [2.05, 4.69) is 16.0 Å². The number of rotatable bonds is 3. The molecule has 1 saturated carbocycles. The average Bonchev–Trinajstić information content (AvgIpc) is 2.75. The molecule has 0 spiro atoms. The molecule has 1 aromatic rings. The molecule has 78 valence electrons. The monoisotopic (exact) mass is 193 g/mol. The third kappa shape index (κ3) is 2.15. The van der Waals surface area contributed by atoms with Crippen LogP contribution in [0.5, 0.6) is 0 Å². The third-order valence-corrected chi connectivity index (χ3v) is 3.10. The lowest BCUT2D eigenvalue weighted by Gasteiger charge is -2.08. The van der Waals surface area contributed by atoms with Crippen molar-refractivity contribution in [1.29, 1.82) is 0 Å². The first kappa shape index (κ1) is 9.71. The van der Waals surface area contributed by atoms with E-state index in [0.717, 1.165) is 18.0 Å². The maximum Gasteiger partial charge on any atom is 0.0537 e. The van der Waals surface area contributed by atoms with Crippen LogP contribution in [0.2, 0.25) is 0 Å². The average molecular weight is 193 g/mol. The minimum Gasteiger partial charge on any atom is -0.324 e. The van der Waals surface area contributed by atoms with Crippen LogP contribution < -0.4 is 5.73 Å². The van der Waals surface area contributed by atoms with E-state index in [-0.39, 0.29) is 6.04 Å². The van der Waals surface area contributed by atoms with Crippen LogP contribution in [-0.2, 0) is 6.54 Å². The van der Waals surface area contributed by atoms with Gasteiger partial charge < -0.3 is 5.73 Å². The van der Waals surface area contributed by atoms with Gasteiger partial charge in [0.05, 0.1) is 6.20 Å². The highest BCUT2D eigenvalue weighted by atomic mass is 15.3. The van der Waals surface area contributed by atoms with Crippen LogP contribution in [0.25, 0.3) is 0 Å². The largest absolute Gasteiger partial charge is 0.324 e. The van der Waals surface area contributed by atoms with E-state index < -0.39 is 0 Å². The van der Waals surface area contributed by atoms with Crippen molar-refractivity contribution in [2.45, 2.75) is 45.2 Å². The smallest absolute Gasteiger partial charge is 0.0537 e. The molecule has 1 heterocycles. The topological polar surface area (TPSA) is 43.8 Å². The number of aromatic nitrogens is 2. The second-order valence-corrected chi connectivity index (χ2v) is 4.43. The van der Waals surface area contributed by atoms with E-state index in [1.165, 1.54) is 25.7 Å². The molecule has 1 fully saturated rings. The summed E-state index contributed by atoms with van der Waals surface area (Å²) in [4.78, 5) is 0. The predicted octanol–water partition coefficient (Wildman–Crippen LogP) is 2.09. The molecular weight excluding hydrogens is 174 g/mol. The lowest BCUT2D eigenvalue weighted by atomic mass is 10.1. The number of hydrogen-bond donors (Lipinski definition) is 1. The van der Waals surface area contributed by atoms with Crippen molar-refractivity contribution < 1.29 is 0 Å².